The average Bonchev–Trinajstić information content (AvgIpc) is 3.17. The molecular weight excluding hydrogens is 436 g/mol. The van der Waals surface area contributed by atoms with E-state index in [4.69, 9.17) is 21.1 Å². The smallest absolute Gasteiger partial charge is 0.234 e. The normalized spacial score (nSPS) is 11.6. The number of thioether (sulfide) groups is 1. The first-order chi connectivity index (χ1) is 15.0. The van der Waals surface area contributed by atoms with Crippen LogP contribution in [-0.4, -0.2) is 33.5 Å². The molecule has 0 aliphatic carbocycles. The summed E-state index contributed by atoms with van der Waals surface area (Å²) in [5.41, 5.74) is 0.685. The maximum Gasteiger partial charge on any atom is 0.234 e. The number of carbonyl (C=O) groups is 1. The van der Waals surface area contributed by atoms with Gasteiger partial charge >= 0.3 is 0 Å². The number of aromatic nitrogens is 3. The molecule has 31 heavy (non-hydrogen) atoms. The third-order valence-corrected chi connectivity index (χ3v) is 5.47. The molecule has 0 aliphatic rings. The molecule has 2 aromatic carbocycles. The zero-order chi connectivity index (χ0) is 22.2. The SMILES string of the molecule is C=CCn1c(SCC(=O)Nc2ccc(Cl)cc2)nnc1C(C)Oc1ccc(OC)cc1. The van der Waals surface area contributed by atoms with Gasteiger partial charge < -0.3 is 14.8 Å². The largest absolute Gasteiger partial charge is 0.497 e. The molecule has 0 saturated carbocycles. The highest BCUT2D eigenvalue weighted by Gasteiger charge is 2.20. The second-order valence-electron chi connectivity index (χ2n) is 6.52. The molecule has 1 N–H and O–H groups in total. The van der Waals surface area contributed by atoms with Crippen LogP contribution in [0.25, 0.3) is 0 Å². The lowest BCUT2D eigenvalue weighted by Crippen LogP contribution is -2.15. The van der Waals surface area contributed by atoms with Gasteiger partial charge in [0.25, 0.3) is 0 Å². The van der Waals surface area contributed by atoms with Gasteiger partial charge in [-0.1, -0.05) is 29.4 Å². The van der Waals surface area contributed by atoms with Gasteiger partial charge in [0, 0.05) is 17.3 Å². The fourth-order valence-corrected chi connectivity index (χ4v) is 3.66. The summed E-state index contributed by atoms with van der Waals surface area (Å²) in [5.74, 6) is 2.13. The average molecular weight is 459 g/mol. The molecule has 1 atom stereocenters. The lowest BCUT2D eigenvalue weighted by atomic mass is 10.3. The molecule has 3 aromatic rings. The second kappa shape index (κ2) is 10.9. The monoisotopic (exact) mass is 458 g/mol. The minimum atomic E-state index is -0.349. The number of hydrogen-bond acceptors (Lipinski definition) is 6. The molecule has 0 spiro atoms. The molecule has 1 amide bonds. The number of allylic oxidation sites excluding steroid dienone is 1. The Morgan fingerprint density at radius 2 is 1.87 bits per heavy atom. The Morgan fingerprint density at radius 3 is 2.52 bits per heavy atom. The van der Waals surface area contributed by atoms with E-state index in [9.17, 15) is 4.79 Å². The third kappa shape index (κ3) is 6.26. The predicted molar refractivity (Wildman–Crippen MR) is 123 cm³/mol. The van der Waals surface area contributed by atoms with E-state index in [1.54, 1.807) is 37.5 Å². The number of nitrogens with one attached hydrogen (secondary N) is 1. The van der Waals surface area contributed by atoms with Gasteiger partial charge in [0.15, 0.2) is 17.1 Å². The summed E-state index contributed by atoms with van der Waals surface area (Å²) in [6.45, 7) is 6.21. The molecule has 3 rings (SSSR count). The van der Waals surface area contributed by atoms with E-state index in [0.29, 0.717) is 34.0 Å². The number of amides is 1. The highest BCUT2D eigenvalue weighted by molar-refractivity contribution is 7.99. The van der Waals surface area contributed by atoms with Crippen molar-refractivity contribution < 1.29 is 14.3 Å². The predicted octanol–water partition coefficient (Wildman–Crippen LogP) is 5.00. The highest BCUT2D eigenvalue weighted by Crippen LogP contribution is 2.26. The first-order valence-corrected chi connectivity index (χ1v) is 10.9. The van der Waals surface area contributed by atoms with Crippen molar-refractivity contribution in [3.05, 3.63) is 72.0 Å². The number of rotatable bonds is 10. The molecule has 7 nitrogen and oxygen atoms in total. The van der Waals surface area contributed by atoms with E-state index >= 15 is 0 Å². The van der Waals surface area contributed by atoms with Crippen LogP contribution in [0.4, 0.5) is 5.69 Å². The van der Waals surface area contributed by atoms with Crippen LogP contribution >= 0.6 is 23.4 Å². The van der Waals surface area contributed by atoms with Gasteiger partial charge in [-0.25, -0.2) is 0 Å². The first-order valence-electron chi connectivity index (χ1n) is 9.53. The minimum Gasteiger partial charge on any atom is -0.497 e. The van der Waals surface area contributed by atoms with E-state index in [-0.39, 0.29) is 17.8 Å². The summed E-state index contributed by atoms with van der Waals surface area (Å²) < 4.78 is 13.1. The quantitative estimate of drug-likeness (QED) is 0.340. The Kier molecular flexibility index (Phi) is 7.97. The van der Waals surface area contributed by atoms with E-state index < -0.39 is 0 Å². The Balaban J connectivity index is 1.65. The number of halogens is 1. The van der Waals surface area contributed by atoms with Gasteiger partial charge in [0.05, 0.1) is 12.9 Å². The Morgan fingerprint density at radius 1 is 1.19 bits per heavy atom. The van der Waals surface area contributed by atoms with Gasteiger partial charge in [-0.2, -0.15) is 0 Å². The Bertz CT molecular complexity index is 1020. The van der Waals surface area contributed by atoms with Crippen molar-refractivity contribution in [2.24, 2.45) is 0 Å². The van der Waals surface area contributed by atoms with Crippen molar-refractivity contribution in [2.75, 3.05) is 18.2 Å². The van der Waals surface area contributed by atoms with Crippen LogP contribution in [0.1, 0.15) is 18.9 Å². The van der Waals surface area contributed by atoms with Crippen LogP contribution in [0.2, 0.25) is 5.02 Å². The van der Waals surface area contributed by atoms with Crippen molar-refractivity contribution in [2.45, 2.75) is 24.7 Å². The molecular formula is C22H23ClN4O3S. The van der Waals surface area contributed by atoms with Gasteiger partial charge in [-0.3, -0.25) is 9.36 Å². The van der Waals surface area contributed by atoms with E-state index in [1.165, 1.54) is 11.8 Å². The van der Waals surface area contributed by atoms with Gasteiger partial charge in [-0.05, 0) is 55.5 Å². The first kappa shape index (κ1) is 22.7. The Labute approximate surface area is 190 Å². The minimum absolute atomic E-state index is 0.149. The molecule has 0 saturated heterocycles. The topological polar surface area (TPSA) is 78.3 Å². The second-order valence-corrected chi connectivity index (χ2v) is 7.90. The van der Waals surface area contributed by atoms with Crippen molar-refractivity contribution in [1.29, 1.82) is 0 Å². The van der Waals surface area contributed by atoms with Crippen LogP contribution in [0.5, 0.6) is 11.5 Å². The molecule has 162 valence electrons. The Hall–Kier alpha value is -2.97. The number of carbonyl (C=O) groups excluding carboxylic acids is 1. The van der Waals surface area contributed by atoms with Crippen LogP contribution < -0.4 is 14.8 Å². The zero-order valence-electron chi connectivity index (χ0n) is 17.2. The van der Waals surface area contributed by atoms with Gasteiger partial charge in [0.1, 0.15) is 11.5 Å². The molecule has 9 heteroatoms. The van der Waals surface area contributed by atoms with E-state index in [1.807, 2.05) is 35.8 Å². The number of benzene rings is 2. The fraction of sp³-hybridized carbons (Fsp3) is 0.227. The van der Waals surface area contributed by atoms with Crippen molar-refractivity contribution in [3.63, 3.8) is 0 Å². The summed E-state index contributed by atoms with van der Waals surface area (Å²) in [5, 5.41) is 12.6. The molecule has 1 aromatic heterocycles. The molecule has 0 bridgehead atoms. The molecule has 0 fully saturated rings. The number of hydrogen-bond donors (Lipinski definition) is 1. The lowest BCUT2D eigenvalue weighted by Gasteiger charge is -2.16. The van der Waals surface area contributed by atoms with Gasteiger partial charge in [0.2, 0.25) is 5.91 Å². The number of nitrogens with zero attached hydrogens (tertiary/aromatic N) is 3. The fourth-order valence-electron chi connectivity index (χ4n) is 2.78. The summed E-state index contributed by atoms with van der Waals surface area (Å²) in [7, 11) is 1.62. The summed E-state index contributed by atoms with van der Waals surface area (Å²) in [4.78, 5) is 12.3. The molecule has 1 heterocycles. The van der Waals surface area contributed by atoms with E-state index in [2.05, 4.69) is 22.1 Å². The van der Waals surface area contributed by atoms with Crippen LogP contribution in [-0.2, 0) is 11.3 Å². The van der Waals surface area contributed by atoms with Crippen molar-refractivity contribution in [3.8, 4) is 11.5 Å². The standard InChI is InChI=1S/C22H23ClN4O3S/c1-4-13-27-21(15(2)30-19-11-9-18(29-3)10-12-19)25-26-22(27)31-14-20(28)24-17-7-5-16(23)6-8-17/h4-12,15H,1,13-14H2,2-3H3,(H,24,28). The van der Waals surface area contributed by atoms with Crippen molar-refractivity contribution in [1.82, 2.24) is 14.8 Å². The van der Waals surface area contributed by atoms with Crippen LogP contribution in [0.15, 0.2) is 66.3 Å². The molecule has 1 unspecified atom stereocenters. The lowest BCUT2D eigenvalue weighted by molar-refractivity contribution is -0.113. The summed E-state index contributed by atoms with van der Waals surface area (Å²) >= 11 is 7.17. The number of methoxy groups -OCH3 is 1. The number of ether oxygens (including phenoxy) is 2. The van der Waals surface area contributed by atoms with Crippen molar-refractivity contribution >= 4 is 35.0 Å². The van der Waals surface area contributed by atoms with Crippen LogP contribution in [0, 0.1) is 0 Å². The number of anilines is 1. The van der Waals surface area contributed by atoms with E-state index in [0.717, 1.165) is 5.75 Å². The summed E-state index contributed by atoms with van der Waals surface area (Å²) in [6, 6.07) is 14.3. The molecule has 0 radical (unpaired) electrons. The van der Waals surface area contributed by atoms with Crippen LogP contribution in [0.3, 0.4) is 0 Å². The highest BCUT2D eigenvalue weighted by atomic mass is 35.5. The summed E-state index contributed by atoms with van der Waals surface area (Å²) in [6.07, 6.45) is 1.41. The maximum atomic E-state index is 12.3. The third-order valence-electron chi connectivity index (χ3n) is 4.25. The molecule has 0 aliphatic heterocycles. The zero-order valence-corrected chi connectivity index (χ0v) is 18.8. The maximum absolute atomic E-state index is 12.3. The van der Waals surface area contributed by atoms with Gasteiger partial charge in [-0.15, -0.1) is 16.8 Å².